The van der Waals surface area contributed by atoms with Crippen molar-refractivity contribution >= 4 is 19.0 Å². The van der Waals surface area contributed by atoms with Crippen LogP contribution in [0, 0.1) is 0 Å². The maximum atomic E-state index is 12.5. The highest BCUT2D eigenvalue weighted by Gasteiger charge is 2.32. The standard InChI is InChI=1S/C12H9BF3N3/c13-8-1-2-10(18-6-8)7-19-9-3-4-17-11(5-9)12(14,15)16/h1-6H,7H2,(H,17,19). The Morgan fingerprint density at radius 3 is 2.58 bits per heavy atom. The molecule has 2 rings (SSSR count). The van der Waals surface area contributed by atoms with Crippen molar-refractivity contribution in [2.75, 3.05) is 5.32 Å². The van der Waals surface area contributed by atoms with E-state index in [-0.39, 0.29) is 0 Å². The highest BCUT2D eigenvalue weighted by molar-refractivity contribution is 6.31. The molecule has 0 saturated heterocycles. The maximum Gasteiger partial charge on any atom is 0.433 e. The molecule has 96 valence electrons. The first-order valence-electron chi connectivity index (χ1n) is 5.43. The van der Waals surface area contributed by atoms with Crippen LogP contribution < -0.4 is 10.8 Å². The number of anilines is 1. The summed E-state index contributed by atoms with van der Waals surface area (Å²) in [4.78, 5) is 7.32. The molecule has 0 fully saturated rings. The molecule has 0 saturated carbocycles. The molecular formula is C12H9BF3N3. The predicted octanol–water partition coefficient (Wildman–Crippen LogP) is 1.90. The van der Waals surface area contributed by atoms with Crippen molar-refractivity contribution in [1.82, 2.24) is 9.97 Å². The van der Waals surface area contributed by atoms with Gasteiger partial charge in [0.1, 0.15) is 13.5 Å². The van der Waals surface area contributed by atoms with E-state index in [1.807, 2.05) is 0 Å². The number of rotatable bonds is 3. The molecule has 2 aromatic heterocycles. The first-order valence-corrected chi connectivity index (χ1v) is 5.43. The Kier molecular flexibility index (Phi) is 3.73. The number of hydrogen-bond acceptors (Lipinski definition) is 3. The molecule has 0 bridgehead atoms. The SMILES string of the molecule is [B]c1ccc(CNc2ccnc(C(F)(F)F)c2)nc1. The van der Waals surface area contributed by atoms with Gasteiger partial charge in [-0.15, -0.1) is 0 Å². The number of nitrogens with one attached hydrogen (secondary N) is 1. The maximum absolute atomic E-state index is 12.5. The van der Waals surface area contributed by atoms with Gasteiger partial charge >= 0.3 is 6.18 Å². The van der Waals surface area contributed by atoms with E-state index in [0.717, 1.165) is 12.3 Å². The van der Waals surface area contributed by atoms with Crippen LogP contribution in [-0.2, 0) is 12.7 Å². The van der Waals surface area contributed by atoms with Gasteiger partial charge in [0, 0.05) is 18.1 Å². The first-order chi connectivity index (χ1) is 8.95. The summed E-state index contributed by atoms with van der Waals surface area (Å²) in [6, 6.07) is 5.80. The number of pyridine rings is 2. The van der Waals surface area contributed by atoms with Gasteiger partial charge < -0.3 is 5.32 Å². The number of hydrogen-bond donors (Lipinski definition) is 1. The highest BCUT2D eigenvalue weighted by Crippen LogP contribution is 2.28. The van der Waals surface area contributed by atoms with E-state index >= 15 is 0 Å². The molecule has 0 aliphatic carbocycles. The summed E-state index contributed by atoms with van der Waals surface area (Å²) in [7, 11) is 5.49. The van der Waals surface area contributed by atoms with Crippen LogP contribution in [0.5, 0.6) is 0 Å². The van der Waals surface area contributed by atoms with Crippen molar-refractivity contribution in [3.8, 4) is 0 Å². The molecule has 2 radical (unpaired) electrons. The number of aromatic nitrogens is 2. The van der Waals surface area contributed by atoms with Gasteiger partial charge in [-0.3, -0.25) is 9.97 Å². The third-order valence-electron chi connectivity index (χ3n) is 2.37. The zero-order valence-electron chi connectivity index (χ0n) is 9.78. The van der Waals surface area contributed by atoms with E-state index in [1.54, 1.807) is 12.1 Å². The van der Waals surface area contributed by atoms with Crippen LogP contribution in [0.15, 0.2) is 36.7 Å². The van der Waals surface area contributed by atoms with Gasteiger partial charge in [0.15, 0.2) is 0 Å². The molecule has 0 spiro atoms. The van der Waals surface area contributed by atoms with E-state index in [1.165, 1.54) is 12.3 Å². The van der Waals surface area contributed by atoms with E-state index < -0.39 is 11.9 Å². The Bertz CT molecular complexity index is 555. The molecule has 0 unspecified atom stereocenters. The largest absolute Gasteiger partial charge is 0.433 e. The Balaban J connectivity index is 2.05. The molecule has 19 heavy (non-hydrogen) atoms. The topological polar surface area (TPSA) is 37.8 Å². The molecule has 2 heterocycles. The Hall–Kier alpha value is -2.05. The third kappa shape index (κ3) is 3.71. The molecule has 1 N–H and O–H groups in total. The van der Waals surface area contributed by atoms with Gasteiger partial charge in [0.05, 0.1) is 12.2 Å². The molecule has 7 heteroatoms. The summed E-state index contributed by atoms with van der Waals surface area (Å²) in [5.41, 5.74) is 0.621. The second-order valence-electron chi connectivity index (χ2n) is 3.86. The number of nitrogens with zero attached hydrogens (tertiary/aromatic N) is 2. The van der Waals surface area contributed by atoms with Gasteiger partial charge in [-0.05, 0) is 18.2 Å². The van der Waals surface area contributed by atoms with Gasteiger partial charge in [-0.1, -0.05) is 11.5 Å². The third-order valence-corrected chi connectivity index (χ3v) is 2.37. The lowest BCUT2D eigenvalue weighted by Crippen LogP contribution is -2.10. The van der Waals surface area contributed by atoms with Crippen molar-refractivity contribution < 1.29 is 13.2 Å². The van der Waals surface area contributed by atoms with Gasteiger partial charge in [0.2, 0.25) is 0 Å². The van der Waals surface area contributed by atoms with Crippen molar-refractivity contribution in [3.05, 3.63) is 48.0 Å². The average Bonchev–Trinajstić information content (AvgIpc) is 2.37. The fourth-order valence-corrected chi connectivity index (χ4v) is 1.43. The minimum absolute atomic E-state index is 0.307. The Morgan fingerprint density at radius 2 is 1.95 bits per heavy atom. The highest BCUT2D eigenvalue weighted by atomic mass is 19.4. The summed E-state index contributed by atoms with van der Waals surface area (Å²) in [6.07, 6.45) is -1.84. The lowest BCUT2D eigenvalue weighted by atomic mass is 9.99. The smallest absolute Gasteiger partial charge is 0.379 e. The van der Waals surface area contributed by atoms with Crippen LogP contribution in [0.25, 0.3) is 0 Å². The van der Waals surface area contributed by atoms with Crippen molar-refractivity contribution in [1.29, 1.82) is 0 Å². The van der Waals surface area contributed by atoms with Crippen LogP contribution in [-0.4, -0.2) is 17.8 Å². The van der Waals surface area contributed by atoms with Crippen LogP contribution in [0.1, 0.15) is 11.4 Å². The summed E-state index contributed by atoms with van der Waals surface area (Å²) in [5.74, 6) is 0. The van der Waals surface area contributed by atoms with Crippen molar-refractivity contribution in [3.63, 3.8) is 0 Å². The number of halogens is 3. The van der Waals surface area contributed by atoms with Gasteiger partial charge in [-0.25, -0.2) is 0 Å². The molecule has 0 aliphatic rings. The van der Waals surface area contributed by atoms with Gasteiger partial charge in [-0.2, -0.15) is 13.2 Å². The summed E-state index contributed by atoms with van der Waals surface area (Å²) in [6.45, 7) is 0.307. The average molecular weight is 263 g/mol. The van der Waals surface area contributed by atoms with Gasteiger partial charge in [0.25, 0.3) is 0 Å². The van der Waals surface area contributed by atoms with E-state index in [2.05, 4.69) is 15.3 Å². The summed E-state index contributed by atoms with van der Waals surface area (Å²) >= 11 is 0. The van der Waals surface area contributed by atoms with E-state index in [4.69, 9.17) is 7.85 Å². The second-order valence-corrected chi connectivity index (χ2v) is 3.86. The van der Waals surface area contributed by atoms with Crippen LogP contribution >= 0.6 is 0 Å². The minimum Gasteiger partial charge on any atom is -0.379 e. The molecule has 0 aromatic carbocycles. The molecule has 3 nitrogen and oxygen atoms in total. The fraction of sp³-hybridized carbons (Fsp3) is 0.167. The summed E-state index contributed by atoms with van der Waals surface area (Å²) < 4.78 is 37.4. The Morgan fingerprint density at radius 1 is 1.16 bits per heavy atom. The first kappa shape index (κ1) is 13.4. The zero-order valence-corrected chi connectivity index (χ0v) is 9.78. The molecule has 0 atom stereocenters. The predicted molar refractivity (Wildman–Crippen MR) is 66.2 cm³/mol. The zero-order chi connectivity index (χ0) is 13.9. The monoisotopic (exact) mass is 263 g/mol. The Labute approximate surface area is 109 Å². The second kappa shape index (κ2) is 5.30. The van der Waals surface area contributed by atoms with Crippen LogP contribution in [0.3, 0.4) is 0 Å². The molecule has 2 aromatic rings. The van der Waals surface area contributed by atoms with E-state index in [0.29, 0.717) is 23.4 Å². The summed E-state index contributed by atoms with van der Waals surface area (Å²) in [5, 5.41) is 2.85. The lowest BCUT2D eigenvalue weighted by molar-refractivity contribution is -0.141. The van der Waals surface area contributed by atoms with Crippen LogP contribution in [0.2, 0.25) is 0 Å². The van der Waals surface area contributed by atoms with Crippen molar-refractivity contribution in [2.24, 2.45) is 0 Å². The number of alkyl halides is 3. The normalized spacial score (nSPS) is 11.3. The minimum atomic E-state index is -4.45. The lowest BCUT2D eigenvalue weighted by Gasteiger charge is -2.09. The molecular weight excluding hydrogens is 254 g/mol. The molecule has 0 amide bonds. The quantitative estimate of drug-likeness (QED) is 0.859. The molecule has 0 aliphatic heterocycles. The van der Waals surface area contributed by atoms with E-state index in [9.17, 15) is 13.2 Å². The van der Waals surface area contributed by atoms with Crippen LogP contribution in [0.4, 0.5) is 18.9 Å². The fourth-order valence-electron chi connectivity index (χ4n) is 1.43. The van der Waals surface area contributed by atoms with Crippen molar-refractivity contribution in [2.45, 2.75) is 12.7 Å².